The number of piperidine rings is 1. The van der Waals surface area contributed by atoms with Gasteiger partial charge in [0.05, 0.1) is 5.41 Å². The van der Waals surface area contributed by atoms with Crippen LogP contribution in [0.2, 0.25) is 0 Å². The first-order valence-corrected chi connectivity index (χ1v) is 7.45. The molecule has 0 saturated carbocycles. The molecule has 0 bridgehead atoms. The quantitative estimate of drug-likeness (QED) is 0.892. The lowest BCUT2D eigenvalue weighted by atomic mass is 9.75. The van der Waals surface area contributed by atoms with Crippen molar-refractivity contribution in [2.75, 3.05) is 27.2 Å². The van der Waals surface area contributed by atoms with E-state index in [9.17, 15) is 4.79 Å². The number of aromatic nitrogens is 1. The summed E-state index contributed by atoms with van der Waals surface area (Å²) in [5, 5.41) is 3.40. The molecule has 1 aliphatic rings. The van der Waals surface area contributed by atoms with Crippen LogP contribution in [0.5, 0.6) is 0 Å². The molecule has 1 aromatic heterocycles. The normalized spacial score (nSPS) is 22.5. The minimum atomic E-state index is -0.204. The Balaban J connectivity index is 1.96. The van der Waals surface area contributed by atoms with Gasteiger partial charge in [0, 0.05) is 33.0 Å². The van der Waals surface area contributed by atoms with Gasteiger partial charge in [-0.15, -0.1) is 0 Å². The lowest BCUT2D eigenvalue weighted by molar-refractivity contribution is -0.141. The standard InChI is InChI=1S/C16H25N3O/c1-19(2)15(20)16(9-5-11-18-13-16)8-3-6-14-7-4-10-17-12-14/h4,7,10,12,18H,3,5-6,8-9,11,13H2,1-2H3/t16-/m1/s1. The summed E-state index contributed by atoms with van der Waals surface area (Å²) in [6, 6.07) is 4.07. The number of nitrogens with zero attached hydrogens (tertiary/aromatic N) is 2. The van der Waals surface area contributed by atoms with E-state index < -0.39 is 0 Å². The molecular formula is C16H25N3O. The highest BCUT2D eigenvalue weighted by atomic mass is 16.2. The summed E-state index contributed by atoms with van der Waals surface area (Å²) in [4.78, 5) is 18.4. The van der Waals surface area contributed by atoms with Gasteiger partial charge in [-0.25, -0.2) is 0 Å². The van der Waals surface area contributed by atoms with Gasteiger partial charge in [-0.2, -0.15) is 0 Å². The largest absolute Gasteiger partial charge is 0.348 e. The first-order chi connectivity index (χ1) is 9.64. The molecule has 0 radical (unpaired) electrons. The molecule has 4 heteroatoms. The Morgan fingerprint density at radius 2 is 2.35 bits per heavy atom. The highest BCUT2D eigenvalue weighted by molar-refractivity contribution is 5.82. The summed E-state index contributed by atoms with van der Waals surface area (Å²) in [6.45, 7) is 1.85. The van der Waals surface area contributed by atoms with Crippen molar-refractivity contribution in [3.05, 3.63) is 30.1 Å². The van der Waals surface area contributed by atoms with Crippen LogP contribution in [0.1, 0.15) is 31.2 Å². The van der Waals surface area contributed by atoms with Crippen LogP contribution in [0.25, 0.3) is 0 Å². The van der Waals surface area contributed by atoms with Crippen molar-refractivity contribution >= 4 is 5.91 Å². The Kier molecular flexibility index (Phi) is 5.12. The molecule has 0 aliphatic carbocycles. The third kappa shape index (κ3) is 3.57. The van der Waals surface area contributed by atoms with E-state index in [0.29, 0.717) is 0 Å². The number of carbonyl (C=O) groups is 1. The maximum absolute atomic E-state index is 12.5. The smallest absolute Gasteiger partial charge is 0.229 e. The van der Waals surface area contributed by atoms with Crippen molar-refractivity contribution in [1.29, 1.82) is 0 Å². The number of nitrogens with one attached hydrogen (secondary N) is 1. The van der Waals surface area contributed by atoms with Gasteiger partial charge in [-0.1, -0.05) is 6.07 Å². The van der Waals surface area contributed by atoms with E-state index in [1.54, 1.807) is 11.1 Å². The van der Waals surface area contributed by atoms with Crippen molar-refractivity contribution < 1.29 is 4.79 Å². The van der Waals surface area contributed by atoms with Gasteiger partial charge < -0.3 is 10.2 Å². The van der Waals surface area contributed by atoms with Crippen molar-refractivity contribution in [3.8, 4) is 0 Å². The Hall–Kier alpha value is -1.42. The molecule has 4 nitrogen and oxygen atoms in total. The van der Waals surface area contributed by atoms with E-state index in [1.165, 1.54) is 5.56 Å². The zero-order valence-electron chi connectivity index (χ0n) is 12.6. The average molecular weight is 275 g/mol. The fourth-order valence-corrected chi connectivity index (χ4v) is 3.12. The lowest BCUT2D eigenvalue weighted by Gasteiger charge is -2.38. The van der Waals surface area contributed by atoms with Crippen LogP contribution in [0.4, 0.5) is 0 Å². The molecule has 2 heterocycles. The molecule has 110 valence electrons. The number of aryl methyl sites for hydroxylation is 1. The van der Waals surface area contributed by atoms with Crippen LogP contribution in [0, 0.1) is 5.41 Å². The molecule has 2 rings (SSSR count). The number of hydrogen-bond donors (Lipinski definition) is 1. The minimum Gasteiger partial charge on any atom is -0.348 e. The van der Waals surface area contributed by atoms with Crippen molar-refractivity contribution in [2.24, 2.45) is 5.41 Å². The van der Waals surface area contributed by atoms with Crippen LogP contribution in [-0.2, 0) is 11.2 Å². The Bertz CT molecular complexity index is 425. The van der Waals surface area contributed by atoms with Gasteiger partial charge in [-0.3, -0.25) is 9.78 Å². The Morgan fingerprint density at radius 1 is 1.50 bits per heavy atom. The molecule has 1 aliphatic heterocycles. The van der Waals surface area contributed by atoms with Gasteiger partial charge in [0.25, 0.3) is 0 Å². The van der Waals surface area contributed by atoms with Crippen LogP contribution >= 0.6 is 0 Å². The third-order valence-corrected chi connectivity index (χ3v) is 4.18. The molecule has 0 aromatic carbocycles. The van der Waals surface area contributed by atoms with Gasteiger partial charge in [0.15, 0.2) is 0 Å². The van der Waals surface area contributed by atoms with Gasteiger partial charge in [0.1, 0.15) is 0 Å². The Labute approximate surface area is 121 Å². The maximum Gasteiger partial charge on any atom is 0.229 e. The molecule has 1 atom stereocenters. The molecule has 0 unspecified atom stereocenters. The van der Waals surface area contributed by atoms with E-state index >= 15 is 0 Å². The Morgan fingerprint density at radius 3 is 2.95 bits per heavy atom. The van der Waals surface area contributed by atoms with Crippen LogP contribution in [-0.4, -0.2) is 43.0 Å². The lowest BCUT2D eigenvalue weighted by Crippen LogP contribution is -2.50. The third-order valence-electron chi connectivity index (χ3n) is 4.18. The second-order valence-corrected chi connectivity index (χ2v) is 5.98. The first-order valence-electron chi connectivity index (χ1n) is 7.45. The first kappa shape index (κ1) is 15.0. The van der Waals surface area contributed by atoms with Crippen LogP contribution in [0.15, 0.2) is 24.5 Å². The topological polar surface area (TPSA) is 45.2 Å². The summed E-state index contributed by atoms with van der Waals surface area (Å²) < 4.78 is 0. The molecule has 1 fully saturated rings. The monoisotopic (exact) mass is 275 g/mol. The highest BCUT2D eigenvalue weighted by Crippen LogP contribution is 2.33. The van der Waals surface area contributed by atoms with E-state index in [0.717, 1.165) is 45.2 Å². The number of carbonyl (C=O) groups excluding carboxylic acids is 1. The summed E-state index contributed by atoms with van der Waals surface area (Å²) in [5.74, 6) is 0.274. The van der Waals surface area contributed by atoms with Crippen LogP contribution < -0.4 is 5.32 Å². The highest BCUT2D eigenvalue weighted by Gasteiger charge is 2.39. The minimum absolute atomic E-state index is 0.204. The fraction of sp³-hybridized carbons (Fsp3) is 0.625. The van der Waals surface area contributed by atoms with E-state index in [1.807, 2.05) is 26.4 Å². The van der Waals surface area contributed by atoms with Gasteiger partial charge >= 0.3 is 0 Å². The van der Waals surface area contributed by atoms with E-state index in [4.69, 9.17) is 0 Å². The molecule has 1 aromatic rings. The molecule has 20 heavy (non-hydrogen) atoms. The van der Waals surface area contributed by atoms with Crippen molar-refractivity contribution in [3.63, 3.8) is 0 Å². The molecular weight excluding hydrogens is 250 g/mol. The predicted molar refractivity (Wildman–Crippen MR) is 80.4 cm³/mol. The summed E-state index contributed by atoms with van der Waals surface area (Å²) in [6.07, 6.45) is 8.79. The zero-order valence-corrected chi connectivity index (χ0v) is 12.6. The average Bonchev–Trinajstić information content (AvgIpc) is 2.48. The van der Waals surface area contributed by atoms with Crippen molar-refractivity contribution in [2.45, 2.75) is 32.1 Å². The SMILES string of the molecule is CN(C)C(=O)[C@]1(CCCc2cccnc2)CCCNC1. The number of amides is 1. The predicted octanol–water partition coefficient (Wildman–Crippen LogP) is 1.86. The second-order valence-electron chi connectivity index (χ2n) is 5.98. The number of pyridine rings is 1. The maximum atomic E-state index is 12.5. The molecule has 1 N–H and O–H groups in total. The van der Waals surface area contributed by atoms with E-state index in [-0.39, 0.29) is 11.3 Å². The summed E-state index contributed by atoms with van der Waals surface area (Å²) >= 11 is 0. The van der Waals surface area contributed by atoms with Crippen LogP contribution in [0.3, 0.4) is 0 Å². The van der Waals surface area contributed by atoms with Gasteiger partial charge in [0.2, 0.25) is 5.91 Å². The second kappa shape index (κ2) is 6.84. The van der Waals surface area contributed by atoms with E-state index in [2.05, 4.69) is 16.4 Å². The van der Waals surface area contributed by atoms with Crippen molar-refractivity contribution in [1.82, 2.24) is 15.2 Å². The number of hydrogen-bond acceptors (Lipinski definition) is 3. The zero-order chi connectivity index (χ0) is 14.4. The van der Waals surface area contributed by atoms with Gasteiger partial charge in [-0.05, 0) is 50.3 Å². The molecule has 0 spiro atoms. The summed E-state index contributed by atoms with van der Waals surface area (Å²) in [5.41, 5.74) is 1.05. The molecule has 1 amide bonds. The fourth-order valence-electron chi connectivity index (χ4n) is 3.12. The molecule has 1 saturated heterocycles. The summed E-state index contributed by atoms with van der Waals surface area (Å²) in [7, 11) is 3.72. The number of rotatable bonds is 5.